The molecule has 0 heterocycles. The van der Waals surface area contributed by atoms with Gasteiger partial charge in [0.1, 0.15) is 0 Å². The first-order valence-corrected chi connectivity index (χ1v) is 6.33. The van der Waals surface area contributed by atoms with Gasteiger partial charge in [0.2, 0.25) is 0 Å². The quantitative estimate of drug-likeness (QED) is 0.275. The summed E-state index contributed by atoms with van der Waals surface area (Å²) >= 11 is 0. The number of hydrogen-bond donors (Lipinski definition) is 2. The molecule has 3 heteroatoms. The second-order valence-electron chi connectivity index (χ2n) is 4.64. The minimum Gasteiger partial charge on any atom is -0.302 e. The molecule has 0 radical (unpaired) electrons. The van der Waals surface area contributed by atoms with Crippen molar-refractivity contribution >= 4 is 0 Å². The van der Waals surface area contributed by atoms with Crippen LogP contribution in [0.2, 0.25) is 0 Å². The topological polar surface area (TPSA) is 41.3 Å². The highest BCUT2D eigenvalue weighted by molar-refractivity contribution is 4.96. The van der Waals surface area contributed by atoms with Crippen LogP contribution in [0.4, 0.5) is 0 Å². The van der Waals surface area contributed by atoms with Crippen LogP contribution < -0.4 is 11.3 Å². The fourth-order valence-electron chi connectivity index (χ4n) is 2.66. The normalized spacial score (nSPS) is 14.1. The van der Waals surface area contributed by atoms with E-state index >= 15 is 0 Å². The van der Waals surface area contributed by atoms with E-state index in [9.17, 15) is 0 Å². The molecule has 0 amide bonds. The van der Waals surface area contributed by atoms with Gasteiger partial charge < -0.3 is 4.90 Å². The SMILES string of the molecule is C=CCCCC(NN)C(CC)(CC)N(C)C. The van der Waals surface area contributed by atoms with Crippen LogP contribution in [0.1, 0.15) is 46.0 Å². The lowest BCUT2D eigenvalue weighted by atomic mass is 9.81. The second-order valence-corrected chi connectivity index (χ2v) is 4.64. The molecule has 1 atom stereocenters. The van der Waals surface area contributed by atoms with Crippen LogP contribution in [-0.4, -0.2) is 30.6 Å². The van der Waals surface area contributed by atoms with Crippen molar-refractivity contribution in [1.82, 2.24) is 10.3 Å². The molecular formula is C13H29N3. The summed E-state index contributed by atoms with van der Waals surface area (Å²) in [6.07, 6.45) is 7.51. The van der Waals surface area contributed by atoms with Crippen LogP contribution in [0.3, 0.4) is 0 Å². The van der Waals surface area contributed by atoms with Crippen molar-refractivity contribution in [3.05, 3.63) is 12.7 Å². The minimum absolute atomic E-state index is 0.163. The van der Waals surface area contributed by atoms with Crippen LogP contribution >= 0.6 is 0 Å². The molecule has 0 bridgehead atoms. The highest BCUT2D eigenvalue weighted by Crippen LogP contribution is 2.28. The van der Waals surface area contributed by atoms with Crippen molar-refractivity contribution in [1.29, 1.82) is 0 Å². The number of unbranched alkanes of at least 4 members (excludes halogenated alkanes) is 1. The van der Waals surface area contributed by atoms with E-state index in [1.807, 2.05) is 6.08 Å². The summed E-state index contributed by atoms with van der Waals surface area (Å²) < 4.78 is 0. The zero-order valence-corrected chi connectivity index (χ0v) is 11.4. The van der Waals surface area contributed by atoms with Crippen LogP contribution in [0.5, 0.6) is 0 Å². The zero-order valence-electron chi connectivity index (χ0n) is 11.4. The number of rotatable bonds is 9. The van der Waals surface area contributed by atoms with Gasteiger partial charge in [-0.1, -0.05) is 19.9 Å². The molecule has 0 aromatic heterocycles. The Morgan fingerprint density at radius 3 is 2.25 bits per heavy atom. The third-order valence-corrected chi connectivity index (χ3v) is 3.87. The molecule has 0 aliphatic heterocycles. The Morgan fingerprint density at radius 2 is 1.94 bits per heavy atom. The van der Waals surface area contributed by atoms with Gasteiger partial charge in [0, 0.05) is 11.6 Å². The van der Waals surface area contributed by atoms with Crippen molar-refractivity contribution in [2.45, 2.75) is 57.5 Å². The first-order chi connectivity index (χ1) is 7.58. The van der Waals surface area contributed by atoms with E-state index in [2.05, 4.69) is 44.8 Å². The van der Waals surface area contributed by atoms with E-state index in [0.29, 0.717) is 6.04 Å². The Bertz CT molecular complexity index is 186. The zero-order chi connectivity index (χ0) is 12.6. The number of likely N-dealkylation sites (N-methyl/N-ethyl adjacent to an activating group) is 1. The third-order valence-electron chi connectivity index (χ3n) is 3.87. The molecule has 0 saturated carbocycles. The monoisotopic (exact) mass is 227 g/mol. The number of nitrogens with zero attached hydrogens (tertiary/aromatic N) is 1. The third kappa shape index (κ3) is 3.58. The van der Waals surface area contributed by atoms with Gasteiger partial charge >= 0.3 is 0 Å². The number of nitrogens with one attached hydrogen (secondary N) is 1. The van der Waals surface area contributed by atoms with Crippen molar-refractivity contribution in [2.75, 3.05) is 14.1 Å². The lowest BCUT2D eigenvalue weighted by molar-refractivity contribution is 0.0833. The molecule has 0 aliphatic rings. The van der Waals surface area contributed by atoms with Gasteiger partial charge in [0.25, 0.3) is 0 Å². The summed E-state index contributed by atoms with van der Waals surface area (Å²) in [5.74, 6) is 5.73. The molecule has 0 aliphatic carbocycles. The summed E-state index contributed by atoms with van der Waals surface area (Å²) in [7, 11) is 4.29. The molecule has 0 fully saturated rings. The lowest BCUT2D eigenvalue weighted by Gasteiger charge is -2.45. The summed E-state index contributed by atoms with van der Waals surface area (Å²) in [4.78, 5) is 2.31. The van der Waals surface area contributed by atoms with Gasteiger partial charge in [-0.3, -0.25) is 11.3 Å². The summed E-state index contributed by atoms with van der Waals surface area (Å²) in [6.45, 7) is 8.23. The minimum atomic E-state index is 0.163. The molecule has 3 nitrogen and oxygen atoms in total. The van der Waals surface area contributed by atoms with E-state index < -0.39 is 0 Å². The van der Waals surface area contributed by atoms with E-state index in [1.54, 1.807) is 0 Å². The molecule has 0 aromatic rings. The first kappa shape index (κ1) is 15.6. The number of hydrogen-bond acceptors (Lipinski definition) is 3. The van der Waals surface area contributed by atoms with Crippen molar-refractivity contribution in [2.24, 2.45) is 5.84 Å². The maximum atomic E-state index is 5.73. The van der Waals surface area contributed by atoms with Gasteiger partial charge in [-0.2, -0.15) is 0 Å². The van der Waals surface area contributed by atoms with Gasteiger partial charge in [-0.15, -0.1) is 6.58 Å². The molecule has 96 valence electrons. The Labute approximate surface area is 101 Å². The predicted octanol–water partition coefficient (Wildman–Crippen LogP) is 2.30. The summed E-state index contributed by atoms with van der Waals surface area (Å²) in [6, 6.07) is 0.345. The Morgan fingerprint density at radius 1 is 1.38 bits per heavy atom. The van der Waals surface area contributed by atoms with Gasteiger partial charge in [0.15, 0.2) is 0 Å². The molecule has 16 heavy (non-hydrogen) atoms. The van der Waals surface area contributed by atoms with E-state index in [0.717, 1.165) is 32.1 Å². The average molecular weight is 227 g/mol. The maximum Gasteiger partial charge on any atom is 0.0394 e. The molecule has 0 aromatic carbocycles. The Hall–Kier alpha value is -0.380. The maximum absolute atomic E-state index is 5.73. The highest BCUT2D eigenvalue weighted by Gasteiger charge is 2.36. The molecule has 0 spiro atoms. The van der Waals surface area contributed by atoms with Crippen LogP contribution in [-0.2, 0) is 0 Å². The summed E-state index contributed by atoms with van der Waals surface area (Å²) in [5, 5.41) is 0. The van der Waals surface area contributed by atoms with Crippen LogP contribution in [0.25, 0.3) is 0 Å². The van der Waals surface area contributed by atoms with Crippen LogP contribution in [0.15, 0.2) is 12.7 Å². The van der Waals surface area contributed by atoms with Crippen molar-refractivity contribution in [3.63, 3.8) is 0 Å². The fraction of sp³-hybridized carbons (Fsp3) is 0.846. The standard InChI is InChI=1S/C13H29N3/c1-6-9-10-11-12(15-14)13(7-2,8-3)16(4)5/h6,12,15H,1,7-11,14H2,2-5H3. The number of hydrazine groups is 1. The van der Waals surface area contributed by atoms with Crippen LogP contribution in [0, 0.1) is 0 Å². The first-order valence-electron chi connectivity index (χ1n) is 6.33. The van der Waals surface area contributed by atoms with Gasteiger partial charge in [-0.25, -0.2) is 0 Å². The van der Waals surface area contributed by atoms with E-state index in [1.165, 1.54) is 0 Å². The molecule has 1 unspecified atom stereocenters. The average Bonchev–Trinajstić information content (AvgIpc) is 2.28. The fourth-order valence-corrected chi connectivity index (χ4v) is 2.66. The van der Waals surface area contributed by atoms with Gasteiger partial charge in [0.05, 0.1) is 0 Å². The Balaban J connectivity index is 4.63. The molecule has 0 rings (SSSR count). The smallest absolute Gasteiger partial charge is 0.0394 e. The highest BCUT2D eigenvalue weighted by atomic mass is 15.3. The van der Waals surface area contributed by atoms with Crippen molar-refractivity contribution < 1.29 is 0 Å². The largest absolute Gasteiger partial charge is 0.302 e. The number of nitrogens with two attached hydrogens (primary N) is 1. The van der Waals surface area contributed by atoms with Crippen molar-refractivity contribution in [3.8, 4) is 0 Å². The summed E-state index contributed by atoms with van der Waals surface area (Å²) in [5.41, 5.74) is 3.17. The van der Waals surface area contributed by atoms with Gasteiger partial charge in [-0.05, 0) is 46.2 Å². The molecule has 3 N–H and O–H groups in total. The number of allylic oxidation sites excluding steroid dienone is 1. The molecule has 0 saturated heterocycles. The Kier molecular flexibility index (Phi) is 7.64. The van der Waals surface area contributed by atoms with E-state index in [4.69, 9.17) is 5.84 Å². The second kappa shape index (κ2) is 7.82. The molecular weight excluding hydrogens is 198 g/mol. The van der Waals surface area contributed by atoms with E-state index in [-0.39, 0.29) is 5.54 Å². The predicted molar refractivity (Wildman–Crippen MR) is 72.2 cm³/mol. The lowest BCUT2D eigenvalue weighted by Crippen LogP contribution is -2.60.